The second kappa shape index (κ2) is 12.9. The zero-order valence-corrected chi connectivity index (χ0v) is 21.8. The standard InChI is InChI=1S/C30H42N2O4/c1-33-16-2-14-32-15-18-35-29-10-7-25(19-28(29)32)22-36-30-20-31-13-11-27(30)26-8-5-24(6-9-26)21-34-17-12-23-3-4-23/h5-10,19,23,27,30-31H,2-4,11-18,20-22H2,1H3/t27-,30+/m1/s1. The second-order valence-electron chi connectivity index (χ2n) is 10.5. The van der Waals surface area contributed by atoms with Gasteiger partial charge in [0.25, 0.3) is 0 Å². The molecule has 1 N–H and O–H groups in total. The molecule has 1 saturated carbocycles. The van der Waals surface area contributed by atoms with Gasteiger partial charge in [0.05, 0.1) is 31.5 Å². The quantitative estimate of drug-likeness (QED) is 0.400. The number of methoxy groups -OCH3 is 1. The van der Waals surface area contributed by atoms with Gasteiger partial charge in [0.2, 0.25) is 0 Å². The highest BCUT2D eigenvalue weighted by atomic mass is 16.5. The van der Waals surface area contributed by atoms with Crippen molar-refractivity contribution >= 4 is 5.69 Å². The lowest BCUT2D eigenvalue weighted by Gasteiger charge is -2.33. The van der Waals surface area contributed by atoms with E-state index in [4.69, 9.17) is 18.9 Å². The Morgan fingerprint density at radius 3 is 2.69 bits per heavy atom. The van der Waals surface area contributed by atoms with E-state index < -0.39 is 0 Å². The maximum Gasteiger partial charge on any atom is 0.142 e. The molecule has 6 heteroatoms. The van der Waals surface area contributed by atoms with Crippen LogP contribution in [0, 0.1) is 5.92 Å². The maximum absolute atomic E-state index is 6.53. The van der Waals surface area contributed by atoms with Gasteiger partial charge < -0.3 is 29.2 Å². The molecule has 0 amide bonds. The fourth-order valence-corrected chi connectivity index (χ4v) is 5.34. The van der Waals surface area contributed by atoms with Crippen LogP contribution in [0.5, 0.6) is 5.75 Å². The Morgan fingerprint density at radius 1 is 1.00 bits per heavy atom. The molecule has 196 valence electrons. The highest BCUT2D eigenvalue weighted by Crippen LogP contribution is 2.34. The van der Waals surface area contributed by atoms with E-state index in [0.29, 0.717) is 19.1 Å². The molecule has 5 rings (SSSR count). The van der Waals surface area contributed by atoms with E-state index in [9.17, 15) is 0 Å². The highest BCUT2D eigenvalue weighted by Gasteiger charge is 2.27. The molecule has 0 bridgehead atoms. The van der Waals surface area contributed by atoms with Gasteiger partial charge in [-0.3, -0.25) is 0 Å². The van der Waals surface area contributed by atoms with E-state index in [1.165, 1.54) is 41.6 Å². The summed E-state index contributed by atoms with van der Waals surface area (Å²) in [7, 11) is 1.76. The topological polar surface area (TPSA) is 52.2 Å². The fraction of sp³-hybridized carbons (Fsp3) is 0.600. The maximum atomic E-state index is 6.53. The third-order valence-corrected chi connectivity index (χ3v) is 7.69. The van der Waals surface area contributed by atoms with E-state index in [1.807, 2.05) is 0 Å². The zero-order valence-electron chi connectivity index (χ0n) is 21.8. The molecule has 2 aliphatic heterocycles. The summed E-state index contributed by atoms with van der Waals surface area (Å²) in [5.74, 6) is 2.30. The van der Waals surface area contributed by atoms with Crippen molar-refractivity contribution in [1.82, 2.24) is 5.32 Å². The molecule has 2 atom stereocenters. The van der Waals surface area contributed by atoms with Crippen LogP contribution in [0.2, 0.25) is 0 Å². The van der Waals surface area contributed by atoms with Crippen LogP contribution in [0.3, 0.4) is 0 Å². The van der Waals surface area contributed by atoms with Crippen molar-refractivity contribution in [2.24, 2.45) is 5.92 Å². The lowest BCUT2D eigenvalue weighted by Crippen LogP contribution is -2.41. The Hall–Kier alpha value is -2.12. The molecule has 2 aromatic rings. The Labute approximate surface area is 216 Å². The minimum atomic E-state index is 0.157. The Morgan fingerprint density at radius 2 is 1.86 bits per heavy atom. The number of piperidine rings is 1. The number of anilines is 1. The molecule has 0 unspecified atom stereocenters. The fourth-order valence-electron chi connectivity index (χ4n) is 5.34. The monoisotopic (exact) mass is 494 g/mol. The van der Waals surface area contributed by atoms with Crippen LogP contribution in [0.4, 0.5) is 5.69 Å². The number of fused-ring (bicyclic) bond motifs is 1. The molecular weight excluding hydrogens is 452 g/mol. The summed E-state index contributed by atoms with van der Waals surface area (Å²) in [6.07, 6.45) is 6.27. The molecule has 2 fully saturated rings. The van der Waals surface area contributed by atoms with Gasteiger partial charge in [-0.1, -0.05) is 43.2 Å². The van der Waals surface area contributed by atoms with Crippen molar-refractivity contribution in [2.45, 2.75) is 57.3 Å². The molecule has 36 heavy (non-hydrogen) atoms. The van der Waals surface area contributed by atoms with Gasteiger partial charge in [0, 0.05) is 39.3 Å². The van der Waals surface area contributed by atoms with Gasteiger partial charge in [-0.15, -0.1) is 0 Å². The Balaban J connectivity index is 1.16. The minimum Gasteiger partial charge on any atom is -0.490 e. The molecule has 6 nitrogen and oxygen atoms in total. The first-order valence-electron chi connectivity index (χ1n) is 13.8. The van der Waals surface area contributed by atoms with Gasteiger partial charge in [-0.05, 0) is 60.5 Å². The number of benzene rings is 2. The molecule has 1 saturated heterocycles. The average molecular weight is 495 g/mol. The summed E-state index contributed by atoms with van der Waals surface area (Å²) in [6.45, 7) is 7.52. The number of hydrogen-bond acceptors (Lipinski definition) is 6. The lowest BCUT2D eigenvalue weighted by atomic mass is 9.87. The summed E-state index contributed by atoms with van der Waals surface area (Å²) in [4.78, 5) is 2.41. The molecule has 2 aromatic carbocycles. The normalized spacial score (nSPS) is 21.8. The van der Waals surface area contributed by atoms with Crippen LogP contribution in [-0.2, 0) is 27.4 Å². The summed E-state index contributed by atoms with van der Waals surface area (Å²) >= 11 is 0. The molecule has 0 aromatic heterocycles. The lowest BCUT2D eigenvalue weighted by molar-refractivity contribution is 0.0106. The van der Waals surface area contributed by atoms with Crippen LogP contribution in [-0.4, -0.2) is 59.2 Å². The molecule has 3 aliphatic rings. The number of rotatable bonds is 13. The van der Waals surface area contributed by atoms with E-state index in [1.54, 1.807) is 7.11 Å². The summed E-state index contributed by atoms with van der Waals surface area (Å²) in [5.41, 5.74) is 4.99. The van der Waals surface area contributed by atoms with Crippen LogP contribution < -0.4 is 15.0 Å². The van der Waals surface area contributed by atoms with Crippen molar-refractivity contribution in [3.8, 4) is 5.75 Å². The number of hydrogen-bond donors (Lipinski definition) is 1. The van der Waals surface area contributed by atoms with Crippen molar-refractivity contribution in [1.29, 1.82) is 0 Å². The Bertz CT molecular complexity index is 946. The SMILES string of the molecule is COCCCN1CCOc2ccc(CO[C@H]3CNCC[C@@H]3c3ccc(COCCC4CC4)cc3)cc21. The number of nitrogens with zero attached hydrogens (tertiary/aromatic N) is 1. The zero-order chi connectivity index (χ0) is 24.6. The van der Waals surface area contributed by atoms with E-state index in [-0.39, 0.29) is 6.10 Å². The third kappa shape index (κ3) is 7.00. The summed E-state index contributed by atoms with van der Waals surface area (Å²) in [5, 5.41) is 3.53. The number of nitrogens with one attached hydrogen (secondary N) is 1. The predicted octanol–water partition coefficient (Wildman–Crippen LogP) is 4.90. The molecule has 0 spiro atoms. The summed E-state index contributed by atoms with van der Waals surface area (Å²) < 4.78 is 23.6. The van der Waals surface area contributed by atoms with E-state index in [0.717, 1.165) is 70.5 Å². The van der Waals surface area contributed by atoms with Crippen LogP contribution in [0.15, 0.2) is 42.5 Å². The largest absolute Gasteiger partial charge is 0.490 e. The first kappa shape index (κ1) is 25.5. The van der Waals surface area contributed by atoms with Crippen LogP contribution >= 0.6 is 0 Å². The molecular formula is C30H42N2O4. The van der Waals surface area contributed by atoms with Crippen molar-refractivity contribution < 1.29 is 18.9 Å². The second-order valence-corrected chi connectivity index (χ2v) is 10.5. The van der Waals surface area contributed by atoms with Crippen molar-refractivity contribution in [3.05, 3.63) is 59.2 Å². The van der Waals surface area contributed by atoms with Gasteiger partial charge in [-0.25, -0.2) is 0 Å². The molecule has 1 aliphatic carbocycles. The van der Waals surface area contributed by atoms with E-state index >= 15 is 0 Å². The first-order chi connectivity index (χ1) is 17.8. The van der Waals surface area contributed by atoms with Crippen LogP contribution in [0.1, 0.15) is 54.7 Å². The molecule has 0 radical (unpaired) electrons. The van der Waals surface area contributed by atoms with Crippen molar-refractivity contribution in [3.63, 3.8) is 0 Å². The number of ether oxygens (including phenoxy) is 4. The van der Waals surface area contributed by atoms with E-state index in [2.05, 4.69) is 52.7 Å². The summed E-state index contributed by atoms with van der Waals surface area (Å²) in [6, 6.07) is 15.5. The van der Waals surface area contributed by atoms with Gasteiger partial charge >= 0.3 is 0 Å². The third-order valence-electron chi connectivity index (χ3n) is 7.69. The average Bonchev–Trinajstić information content (AvgIpc) is 3.75. The molecule has 2 heterocycles. The van der Waals surface area contributed by atoms with Gasteiger partial charge in [0.1, 0.15) is 12.4 Å². The van der Waals surface area contributed by atoms with Gasteiger partial charge in [0.15, 0.2) is 0 Å². The van der Waals surface area contributed by atoms with Crippen molar-refractivity contribution in [2.75, 3.05) is 58.0 Å². The minimum absolute atomic E-state index is 0.157. The van der Waals surface area contributed by atoms with Crippen LogP contribution in [0.25, 0.3) is 0 Å². The van der Waals surface area contributed by atoms with Gasteiger partial charge in [-0.2, -0.15) is 0 Å². The highest BCUT2D eigenvalue weighted by molar-refractivity contribution is 5.61. The Kier molecular flexibility index (Phi) is 9.15. The predicted molar refractivity (Wildman–Crippen MR) is 143 cm³/mol. The smallest absolute Gasteiger partial charge is 0.142 e. The first-order valence-corrected chi connectivity index (χ1v) is 13.8.